The molecule has 0 unspecified atom stereocenters. The number of nitrogens with zero attached hydrogens (tertiary/aromatic N) is 1. The van der Waals surface area contributed by atoms with E-state index in [4.69, 9.17) is 18.9 Å². The Morgan fingerprint density at radius 3 is 2.04 bits per heavy atom. The van der Waals surface area contributed by atoms with E-state index in [9.17, 15) is 5.11 Å². The Kier molecular flexibility index (Phi) is 5.02. The van der Waals surface area contributed by atoms with Crippen molar-refractivity contribution in [3.8, 4) is 28.9 Å². The minimum atomic E-state index is -0.0415. The van der Waals surface area contributed by atoms with Crippen LogP contribution >= 0.6 is 0 Å². The first-order valence-corrected chi connectivity index (χ1v) is 8.05. The third-order valence-electron chi connectivity index (χ3n) is 4.22. The van der Waals surface area contributed by atoms with Crippen molar-refractivity contribution in [2.75, 3.05) is 28.4 Å². The van der Waals surface area contributed by atoms with Gasteiger partial charge < -0.3 is 24.1 Å². The first-order chi connectivity index (χ1) is 12.6. The van der Waals surface area contributed by atoms with E-state index in [0.29, 0.717) is 29.4 Å². The van der Waals surface area contributed by atoms with Gasteiger partial charge in [0.05, 0.1) is 34.1 Å². The number of benzene rings is 2. The van der Waals surface area contributed by atoms with Crippen molar-refractivity contribution in [1.82, 2.24) is 4.98 Å². The van der Waals surface area contributed by atoms with Gasteiger partial charge in [0.2, 0.25) is 5.88 Å². The van der Waals surface area contributed by atoms with E-state index >= 15 is 0 Å². The molecule has 0 saturated heterocycles. The molecule has 0 radical (unpaired) electrons. The minimum Gasteiger partial charge on any atom is -0.493 e. The van der Waals surface area contributed by atoms with Crippen molar-refractivity contribution in [2.24, 2.45) is 0 Å². The second-order valence-electron chi connectivity index (χ2n) is 5.72. The van der Waals surface area contributed by atoms with E-state index in [2.05, 4.69) is 4.98 Å². The first kappa shape index (κ1) is 17.7. The zero-order chi connectivity index (χ0) is 18.7. The molecule has 1 aromatic heterocycles. The third kappa shape index (κ3) is 3.31. The maximum Gasteiger partial charge on any atom is 0.211 e. The van der Waals surface area contributed by atoms with Crippen LogP contribution in [0.1, 0.15) is 11.3 Å². The molecule has 0 bridgehead atoms. The molecule has 0 spiro atoms. The molecule has 0 aliphatic heterocycles. The summed E-state index contributed by atoms with van der Waals surface area (Å²) in [7, 11) is 6.36. The van der Waals surface area contributed by atoms with Crippen LogP contribution < -0.4 is 18.9 Å². The molecular weight excluding hydrogens is 334 g/mol. The number of aromatic nitrogens is 1. The fraction of sp³-hybridized carbons (Fsp3) is 0.250. The lowest BCUT2D eigenvalue weighted by atomic mass is 10.0. The van der Waals surface area contributed by atoms with Crippen LogP contribution in [0, 0.1) is 0 Å². The number of aromatic hydroxyl groups is 1. The summed E-state index contributed by atoms with van der Waals surface area (Å²) in [6, 6.07) is 11.0. The van der Waals surface area contributed by atoms with Gasteiger partial charge >= 0.3 is 0 Å². The maximum absolute atomic E-state index is 10.0. The summed E-state index contributed by atoms with van der Waals surface area (Å²) < 4.78 is 21.4. The molecule has 136 valence electrons. The number of rotatable bonds is 6. The van der Waals surface area contributed by atoms with Crippen molar-refractivity contribution >= 4 is 10.8 Å². The van der Waals surface area contributed by atoms with Crippen molar-refractivity contribution in [2.45, 2.75) is 6.42 Å². The van der Waals surface area contributed by atoms with Crippen LogP contribution in [0.5, 0.6) is 28.9 Å². The van der Waals surface area contributed by atoms with Gasteiger partial charge in [0.25, 0.3) is 0 Å². The SMILES string of the molecule is COc1ccc(Cc2nc(O)cc3cc(OC)c(OC)cc23)cc1OC. The standard InChI is InChI=1S/C20H21NO5/c1-23-16-6-5-12(8-17(16)24-2)7-15-14-11-19(26-4)18(25-3)9-13(14)10-20(22)21-15/h5-6,8-11H,7H2,1-4H3,(H,21,22). The zero-order valence-electron chi connectivity index (χ0n) is 15.2. The van der Waals surface area contributed by atoms with Gasteiger partial charge in [0.15, 0.2) is 23.0 Å². The summed E-state index contributed by atoms with van der Waals surface area (Å²) in [5.41, 5.74) is 1.71. The van der Waals surface area contributed by atoms with Crippen LogP contribution in [0.3, 0.4) is 0 Å². The summed E-state index contributed by atoms with van der Waals surface area (Å²) >= 11 is 0. The quantitative estimate of drug-likeness (QED) is 0.729. The summed E-state index contributed by atoms with van der Waals surface area (Å²) in [5.74, 6) is 2.48. The van der Waals surface area contributed by atoms with E-state index in [-0.39, 0.29) is 5.88 Å². The maximum atomic E-state index is 10.0. The van der Waals surface area contributed by atoms with Gasteiger partial charge in [0, 0.05) is 17.9 Å². The molecule has 0 saturated carbocycles. The number of methoxy groups -OCH3 is 4. The molecule has 0 aliphatic carbocycles. The average Bonchev–Trinajstić information content (AvgIpc) is 2.66. The number of ether oxygens (including phenoxy) is 4. The molecule has 1 heterocycles. The van der Waals surface area contributed by atoms with Crippen molar-refractivity contribution in [1.29, 1.82) is 0 Å². The van der Waals surface area contributed by atoms with E-state index in [1.165, 1.54) is 0 Å². The highest BCUT2D eigenvalue weighted by Gasteiger charge is 2.13. The monoisotopic (exact) mass is 355 g/mol. The van der Waals surface area contributed by atoms with Crippen molar-refractivity contribution in [3.63, 3.8) is 0 Å². The summed E-state index contributed by atoms with van der Waals surface area (Å²) in [4.78, 5) is 4.31. The summed E-state index contributed by atoms with van der Waals surface area (Å²) in [5, 5.41) is 11.7. The molecule has 1 N–H and O–H groups in total. The van der Waals surface area contributed by atoms with Gasteiger partial charge in [-0.3, -0.25) is 0 Å². The Balaban J connectivity index is 2.09. The summed E-state index contributed by atoms with van der Waals surface area (Å²) in [6.45, 7) is 0. The Bertz CT molecular complexity index is 939. The van der Waals surface area contributed by atoms with Gasteiger partial charge in [-0.2, -0.15) is 0 Å². The van der Waals surface area contributed by atoms with Crippen LogP contribution in [0.15, 0.2) is 36.4 Å². The second kappa shape index (κ2) is 7.39. The lowest BCUT2D eigenvalue weighted by Crippen LogP contribution is -1.98. The number of pyridine rings is 1. The van der Waals surface area contributed by atoms with Crippen LogP contribution in [-0.4, -0.2) is 38.5 Å². The topological polar surface area (TPSA) is 70.0 Å². The molecule has 3 aromatic rings. The fourth-order valence-corrected chi connectivity index (χ4v) is 2.95. The molecule has 26 heavy (non-hydrogen) atoms. The highest BCUT2D eigenvalue weighted by atomic mass is 16.5. The smallest absolute Gasteiger partial charge is 0.211 e. The largest absolute Gasteiger partial charge is 0.493 e. The predicted molar refractivity (Wildman–Crippen MR) is 98.9 cm³/mol. The second-order valence-corrected chi connectivity index (χ2v) is 5.72. The average molecular weight is 355 g/mol. The number of hydrogen-bond acceptors (Lipinski definition) is 6. The predicted octanol–water partition coefficient (Wildman–Crippen LogP) is 3.57. The fourth-order valence-electron chi connectivity index (χ4n) is 2.95. The molecule has 0 aliphatic rings. The molecule has 0 atom stereocenters. The van der Waals surface area contributed by atoms with E-state index in [0.717, 1.165) is 22.0 Å². The van der Waals surface area contributed by atoms with Crippen LogP contribution in [-0.2, 0) is 6.42 Å². The van der Waals surface area contributed by atoms with Crippen LogP contribution in [0.25, 0.3) is 10.8 Å². The van der Waals surface area contributed by atoms with Gasteiger partial charge in [0.1, 0.15) is 0 Å². The van der Waals surface area contributed by atoms with Crippen LogP contribution in [0.4, 0.5) is 0 Å². The normalized spacial score (nSPS) is 10.6. The minimum absolute atomic E-state index is 0.0415. The van der Waals surface area contributed by atoms with Crippen LogP contribution in [0.2, 0.25) is 0 Å². The van der Waals surface area contributed by atoms with Crippen molar-refractivity contribution < 1.29 is 24.1 Å². The zero-order valence-corrected chi connectivity index (χ0v) is 15.2. The molecule has 6 nitrogen and oxygen atoms in total. The highest BCUT2D eigenvalue weighted by Crippen LogP contribution is 2.35. The first-order valence-electron chi connectivity index (χ1n) is 8.05. The van der Waals surface area contributed by atoms with Gasteiger partial charge in [-0.05, 0) is 35.2 Å². The Labute approximate surface area is 151 Å². The molecule has 3 rings (SSSR count). The molecule has 6 heteroatoms. The van der Waals surface area contributed by atoms with Gasteiger partial charge in [-0.15, -0.1) is 0 Å². The van der Waals surface area contributed by atoms with Gasteiger partial charge in [-0.25, -0.2) is 4.98 Å². The third-order valence-corrected chi connectivity index (χ3v) is 4.22. The molecule has 0 amide bonds. The van der Waals surface area contributed by atoms with E-state index < -0.39 is 0 Å². The number of fused-ring (bicyclic) bond motifs is 1. The lowest BCUT2D eigenvalue weighted by Gasteiger charge is -2.13. The van der Waals surface area contributed by atoms with Crippen molar-refractivity contribution in [3.05, 3.63) is 47.7 Å². The number of hydrogen-bond donors (Lipinski definition) is 1. The summed E-state index contributed by atoms with van der Waals surface area (Å²) in [6.07, 6.45) is 0.515. The van der Waals surface area contributed by atoms with Gasteiger partial charge in [-0.1, -0.05) is 6.07 Å². The van der Waals surface area contributed by atoms with E-state index in [1.54, 1.807) is 34.5 Å². The Hall–Kier alpha value is -3.15. The Morgan fingerprint density at radius 2 is 1.38 bits per heavy atom. The highest BCUT2D eigenvalue weighted by molar-refractivity contribution is 5.89. The Morgan fingerprint density at radius 1 is 0.769 bits per heavy atom. The lowest BCUT2D eigenvalue weighted by molar-refractivity contribution is 0.354. The molecule has 2 aromatic carbocycles. The molecular formula is C20H21NO5. The van der Waals surface area contributed by atoms with E-state index in [1.807, 2.05) is 30.3 Å². The molecule has 0 fully saturated rings.